The molecule has 0 spiro atoms. The number of hydrogen-bond donors (Lipinski definition) is 2. The zero-order valence-electron chi connectivity index (χ0n) is 11.8. The van der Waals surface area contributed by atoms with E-state index < -0.39 is 10.0 Å². The van der Waals surface area contributed by atoms with Gasteiger partial charge < -0.3 is 10.1 Å². The molecular weight excluding hydrogens is 314 g/mol. The molecule has 1 heterocycles. The summed E-state index contributed by atoms with van der Waals surface area (Å²) in [5, 5.41) is 8.52. The highest BCUT2D eigenvalue weighted by Crippen LogP contribution is 2.37. The minimum atomic E-state index is -3.49. The lowest BCUT2D eigenvalue weighted by Gasteiger charge is -2.19. The predicted octanol–water partition coefficient (Wildman–Crippen LogP) is 0.827. The van der Waals surface area contributed by atoms with Gasteiger partial charge in [0.15, 0.2) is 5.13 Å². The molecule has 1 aliphatic rings. The van der Waals surface area contributed by atoms with E-state index in [0.29, 0.717) is 11.7 Å². The van der Waals surface area contributed by atoms with Crippen molar-refractivity contribution in [2.45, 2.75) is 32.1 Å². The zero-order valence-corrected chi connectivity index (χ0v) is 13.4. The van der Waals surface area contributed by atoms with Crippen LogP contribution >= 0.6 is 11.3 Å². The molecule has 0 bridgehead atoms. The third-order valence-corrected chi connectivity index (χ3v) is 5.05. The minimum Gasteiger partial charge on any atom is -0.465 e. The SMILES string of the molecule is CCOC(=O)C1CCCc2sc(NCCS(N)(=O)=O)nc21. The average molecular weight is 333 g/mol. The van der Waals surface area contributed by atoms with Crippen molar-refractivity contribution >= 4 is 32.5 Å². The van der Waals surface area contributed by atoms with Gasteiger partial charge in [0.25, 0.3) is 0 Å². The highest BCUT2D eigenvalue weighted by molar-refractivity contribution is 7.89. The Hall–Kier alpha value is -1.19. The van der Waals surface area contributed by atoms with Crippen LogP contribution in [0.1, 0.15) is 36.3 Å². The lowest BCUT2D eigenvalue weighted by atomic mass is 9.91. The number of nitrogens with zero attached hydrogens (tertiary/aromatic N) is 1. The molecule has 0 amide bonds. The van der Waals surface area contributed by atoms with Crippen LogP contribution in [0.25, 0.3) is 0 Å². The van der Waals surface area contributed by atoms with Crippen LogP contribution in [0.2, 0.25) is 0 Å². The molecule has 21 heavy (non-hydrogen) atoms. The van der Waals surface area contributed by atoms with Crippen LogP contribution in [-0.4, -0.2) is 38.3 Å². The van der Waals surface area contributed by atoms with Crippen molar-refractivity contribution in [3.05, 3.63) is 10.6 Å². The summed E-state index contributed by atoms with van der Waals surface area (Å²) < 4.78 is 26.9. The molecule has 2 rings (SSSR count). The number of primary sulfonamides is 1. The van der Waals surface area contributed by atoms with Gasteiger partial charge in [-0.3, -0.25) is 4.79 Å². The van der Waals surface area contributed by atoms with Crippen LogP contribution in [0.15, 0.2) is 0 Å². The smallest absolute Gasteiger partial charge is 0.315 e. The molecule has 1 unspecified atom stereocenters. The number of ether oxygens (including phenoxy) is 1. The maximum atomic E-state index is 11.9. The molecule has 0 aliphatic heterocycles. The van der Waals surface area contributed by atoms with Gasteiger partial charge in [-0.1, -0.05) is 0 Å². The van der Waals surface area contributed by atoms with Gasteiger partial charge in [-0.25, -0.2) is 18.5 Å². The molecule has 0 saturated heterocycles. The normalized spacial score (nSPS) is 18.1. The van der Waals surface area contributed by atoms with Gasteiger partial charge in [0, 0.05) is 11.4 Å². The van der Waals surface area contributed by atoms with Crippen LogP contribution in [-0.2, 0) is 26.0 Å². The van der Waals surface area contributed by atoms with Crippen molar-refractivity contribution in [3.8, 4) is 0 Å². The molecule has 9 heteroatoms. The summed E-state index contributed by atoms with van der Waals surface area (Å²) in [6.45, 7) is 2.34. The van der Waals surface area contributed by atoms with Crippen molar-refractivity contribution in [3.63, 3.8) is 0 Å². The van der Waals surface area contributed by atoms with E-state index in [-0.39, 0.29) is 24.2 Å². The van der Waals surface area contributed by atoms with E-state index in [1.807, 2.05) is 0 Å². The number of carbonyl (C=O) groups excluding carboxylic acids is 1. The summed E-state index contributed by atoms with van der Waals surface area (Å²) in [6.07, 6.45) is 2.56. The molecule has 1 aromatic heterocycles. The maximum Gasteiger partial charge on any atom is 0.315 e. The second-order valence-electron chi connectivity index (χ2n) is 4.82. The number of rotatable bonds is 6. The Morgan fingerprint density at radius 3 is 3.00 bits per heavy atom. The molecule has 0 saturated carbocycles. The number of sulfonamides is 1. The number of fused-ring (bicyclic) bond motifs is 1. The Kier molecular flexibility index (Phi) is 5.17. The van der Waals surface area contributed by atoms with Crippen molar-refractivity contribution in [2.75, 3.05) is 24.2 Å². The first-order valence-electron chi connectivity index (χ1n) is 6.81. The fraction of sp³-hybridized carbons (Fsp3) is 0.667. The molecule has 118 valence electrons. The third-order valence-electron chi connectivity index (χ3n) is 3.19. The zero-order chi connectivity index (χ0) is 15.5. The first kappa shape index (κ1) is 16.2. The van der Waals surface area contributed by atoms with E-state index in [9.17, 15) is 13.2 Å². The molecule has 1 atom stereocenters. The van der Waals surface area contributed by atoms with Crippen LogP contribution < -0.4 is 10.5 Å². The predicted molar refractivity (Wildman–Crippen MR) is 80.9 cm³/mol. The first-order valence-corrected chi connectivity index (χ1v) is 9.34. The van der Waals surface area contributed by atoms with Gasteiger partial charge in [0.2, 0.25) is 10.0 Å². The molecule has 1 aliphatic carbocycles. The maximum absolute atomic E-state index is 11.9. The summed E-state index contributed by atoms with van der Waals surface area (Å²) >= 11 is 1.46. The van der Waals surface area contributed by atoms with Gasteiger partial charge in [-0.15, -0.1) is 11.3 Å². The Morgan fingerprint density at radius 2 is 2.33 bits per heavy atom. The van der Waals surface area contributed by atoms with Crippen LogP contribution in [0.3, 0.4) is 0 Å². The van der Waals surface area contributed by atoms with Crippen molar-refractivity contribution < 1.29 is 17.9 Å². The fourth-order valence-corrected chi connectivity index (χ4v) is 3.74. The summed E-state index contributed by atoms with van der Waals surface area (Å²) in [5.41, 5.74) is 0.766. The van der Waals surface area contributed by atoms with Gasteiger partial charge >= 0.3 is 5.97 Å². The van der Waals surface area contributed by atoms with E-state index in [0.717, 1.165) is 29.8 Å². The standard InChI is InChI=1S/C12H19N3O4S2/c1-2-19-11(16)8-4-3-5-9-10(8)15-12(20-9)14-6-7-21(13,17)18/h8H,2-7H2,1H3,(H,14,15)(H2,13,17,18). The van der Waals surface area contributed by atoms with Crippen molar-refractivity contribution in [2.24, 2.45) is 5.14 Å². The number of nitrogens with two attached hydrogens (primary N) is 1. The summed E-state index contributed by atoms with van der Waals surface area (Å²) in [7, 11) is -3.49. The number of thiazole rings is 1. The molecule has 0 aromatic carbocycles. The minimum absolute atomic E-state index is 0.154. The molecule has 1 aromatic rings. The highest BCUT2D eigenvalue weighted by Gasteiger charge is 2.31. The van der Waals surface area contributed by atoms with E-state index in [1.54, 1.807) is 6.92 Å². The van der Waals surface area contributed by atoms with Gasteiger partial charge in [-0.2, -0.15) is 0 Å². The monoisotopic (exact) mass is 333 g/mol. The van der Waals surface area contributed by atoms with E-state index in [2.05, 4.69) is 10.3 Å². The Bertz CT molecular complexity index is 612. The number of aryl methyl sites for hydroxylation is 1. The number of nitrogens with one attached hydrogen (secondary N) is 1. The van der Waals surface area contributed by atoms with Gasteiger partial charge in [0.05, 0.1) is 18.1 Å². The lowest BCUT2D eigenvalue weighted by Crippen LogP contribution is -2.22. The van der Waals surface area contributed by atoms with Gasteiger partial charge in [0.1, 0.15) is 5.92 Å². The second kappa shape index (κ2) is 6.71. The number of aromatic nitrogens is 1. The number of hydrogen-bond acceptors (Lipinski definition) is 7. The molecule has 0 fully saturated rings. The Balaban J connectivity index is 2.06. The quantitative estimate of drug-likeness (QED) is 0.746. The number of carbonyl (C=O) groups is 1. The summed E-state index contributed by atoms with van der Waals surface area (Å²) in [6, 6.07) is 0. The fourth-order valence-electron chi connectivity index (χ4n) is 2.27. The summed E-state index contributed by atoms with van der Waals surface area (Å²) in [4.78, 5) is 17.4. The molecule has 7 nitrogen and oxygen atoms in total. The third kappa shape index (κ3) is 4.39. The Morgan fingerprint density at radius 1 is 1.57 bits per heavy atom. The second-order valence-corrected chi connectivity index (χ2v) is 7.64. The first-order chi connectivity index (χ1) is 9.90. The highest BCUT2D eigenvalue weighted by atomic mass is 32.2. The Labute approximate surface area is 127 Å². The van der Waals surface area contributed by atoms with E-state index >= 15 is 0 Å². The summed E-state index contributed by atoms with van der Waals surface area (Å²) in [5.74, 6) is -0.697. The topological polar surface area (TPSA) is 111 Å². The molecule has 0 radical (unpaired) electrons. The molecular formula is C12H19N3O4S2. The van der Waals surface area contributed by atoms with E-state index in [4.69, 9.17) is 9.88 Å². The van der Waals surface area contributed by atoms with Crippen molar-refractivity contribution in [1.29, 1.82) is 0 Å². The molecule has 3 N–H and O–H groups in total. The van der Waals surface area contributed by atoms with Crippen LogP contribution in [0.5, 0.6) is 0 Å². The van der Waals surface area contributed by atoms with Crippen LogP contribution in [0.4, 0.5) is 5.13 Å². The van der Waals surface area contributed by atoms with Crippen molar-refractivity contribution in [1.82, 2.24) is 4.98 Å². The number of esters is 1. The van der Waals surface area contributed by atoms with Crippen LogP contribution in [0, 0.1) is 0 Å². The number of anilines is 1. The average Bonchev–Trinajstić information content (AvgIpc) is 2.79. The van der Waals surface area contributed by atoms with E-state index in [1.165, 1.54) is 11.3 Å². The van der Waals surface area contributed by atoms with Gasteiger partial charge in [-0.05, 0) is 26.2 Å². The lowest BCUT2D eigenvalue weighted by molar-refractivity contribution is -0.145. The largest absolute Gasteiger partial charge is 0.465 e.